The van der Waals surface area contributed by atoms with Crippen LogP contribution in [0.3, 0.4) is 0 Å². The van der Waals surface area contributed by atoms with Crippen molar-refractivity contribution in [3.05, 3.63) is 83.7 Å². The van der Waals surface area contributed by atoms with Gasteiger partial charge in [-0.1, -0.05) is 24.3 Å². The summed E-state index contributed by atoms with van der Waals surface area (Å²) < 4.78 is 49.8. The second-order valence-electron chi connectivity index (χ2n) is 8.20. The molecule has 174 valence electrons. The minimum Gasteiger partial charge on any atom is -0.497 e. The second kappa shape index (κ2) is 8.52. The Morgan fingerprint density at radius 2 is 1.82 bits per heavy atom. The SMILES string of the molecule is COc1cccc(C(=O)N2CCC[C@H]2c2nc3cc(-c4ccc(C(F)(F)F)cc4)ccc3o2)c1. The Morgan fingerprint density at radius 1 is 1.06 bits per heavy atom. The van der Waals surface area contributed by atoms with Crippen LogP contribution in [0.25, 0.3) is 22.2 Å². The molecular weight excluding hydrogens is 445 g/mol. The van der Waals surface area contributed by atoms with Crippen molar-refractivity contribution in [2.24, 2.45) is 0 Å². The topological polar surface area (TPSA) is 55.6 Å². The van der Waals surface area contributed by atoms with Crippen LogP contribution in [0.4, 0.5) is 13.2 Å². The number of hydrogen-bond acceptors (Lipinski definition) is 4. The van der Waals surface area contributed by atoms with E-state index < -0.39 is 11.7 Å². The van der Waals surface area contributed by atoms with Gasteiger partial charge in [0.05, 0.1) is 12.7 Å². The van der Waals surface area contributed by atoms with Gasteiger partial charge in [0.25, 0.3) is 5.91 Å². The minimum absolute atomic E-state index is 0.117. The molecule has 3 aromatic carbocycles. The number of benzene rings is 3. The van der Waals surface area contributed by atoms with Crippen molar-refractivity contribution in [1.82, 2.24) is 9.88 Å². The lowest BCUT2D eigenvalue weighted by molar-refractivity contribution is -0.137. The predicted molar refractivity (Wildman–Crippen MR) is 120 cm³/mol. The molecule has 1 aliphatic heterocycles. The number of carbonyl (C=O) groups is 1. The van der Waals surface area contributed by atoms with Gasteiger partial charge in [0, 0.05) is 12.1 Å². The molecule has 0 bridgehead atoms. The quantitative estimate of drug-likeness (QED) is 0.345. The summed E-state index contributed by atoms with van der Waals surface area (Å²) in [5, 5.41) is 0. The number of amides is 1. The molecule has 0 aliphatic carbocycles. The lowest BCUT2D eigenvalue weighted by atomic mass is 10.0. The number of hydrogen-bond donors (Lipinski definition) is 0. The van der Waals surface area contributed by atoms with Gasteiger partial charge in [-0.05, 0) is 66.4 Å². The average molecular weight is 466 g/mol. The van der Waals surface area contributed by atoms with Crippen molar-refractivity contribution in [2.75, 3.05) is 13.7 Å². The number of ether oxygens (including phenoxy) is 1. The highest BCUT2D eigenvalue weighted by Crippen LogP contribution is 2.36. The molecule has 5 rings (SSSR count). The van der Waals surface area contributed by atoms with Crippen LogP contribution < -0.4 is 4.74 Å². The van der Waals surface area contributed by atoms with Crippen LogP contribution in [0.5, 0.6) is 5.75 Å². The van der Waals surface area contributed by atoms with Gasteiger partial charge >= 0.3 is 6.18 Å². The zero-order chi connectivity index (χ0) is 23.9. The summed E-state index contributed by atoms with van der Waals surface area (Å²) in [4.78, 5) is 19.6. The number of fused-ring (bicyclic) bond motifs is 1. The highest BCUT2D eigenvalue weighted by Gasteiger charge is 2.34. The molecule has 0 radical (unpaired) electrons. The number of rotatable bonds is 4. The van der Waals surface area contributed by atoms with E-state index in [2.05, 4.69) is 4.98 Å². The molecule has 8 heteroatoms. The number of alkyl halides is 3. The van der Waals surface area contributed by atoms with Crippen LogP contribution in [0.2, 0.25) is 0 Å². The number of nitrogens with zero attached hydrogens (tertiary/aromatic N) is 2. The highest BCUT2D eigenvalue weighted by molar-refractivity contribution is 5.95. The maximum Gasteiger partial charge on any atom is 0.416 e. The Morgan fingerprint density at radius 3 is 2.56 bits per heavy atom. The largest absolute Gasteiger partial charge is 0.497 e. The summed E-state index contributed by atoms with van der Waals surface area (Å²) in [5.74, 6) is 0.946. The molecule has 5 nitrogen and oxygen atoms in total. The first kappa shape index (κ1) is 22.0. The third kappa shape index (κ3) is 4.11. The fraction of sp³-hybridized carbons (Fsp3) is 0.231. The van der Waals surface area contributed by atoms with E-state index in [4.69, 9.17) is 9.15 Å². The fourth-order valence-corrected chi connectivity index (χ4v) is 4.31. The zero-order valence-corrected chi connectivity index (χ0v) is 18.3. The predicted octanol–water partition coefficient (Wildman–Crippen LogP) is 6.50. The number of carbonyl (C=O) groups excluding carboxylic acids is 1. The van der Waals surface area contributed by atoms with Crippen LogP contribution in [0.1, 0.15) is 40.7 Å². The maximum absolute atomic E-state index is 13.2. The molecular formula is C26H21F3N2O3. The Balaban J connectivity index is 1.42. The second-order valence-corrected chi connectivity index (χ2v) is 8.20. The molecule has 1 amide bonds. The highest BCUT2D eigenvalue weighted by atomic mass is 19.4. The molecule has 0 N–H and O–H groups in total. The molecule has 34 heavy (non-hydrogen) atoms. The Labute approximate surface area is 193 Å². The van der Waals surface area contributed by atoms with E-state index in [0.29, 0.717) is 40.4 Å². The van der Waals surface area contributed by atoms with E-state index in [1.54, 1.807) is 54.5 Å². The van der Waals surface area contributed by atoms with Gasteiger partial charge in [-0.3, -0.25) is 4.79 Å². The maximum atomic E-state index is 13.2. The van der Waals surface area contributed by atoms with Crippen molar-refractivity contribution in [1.29, 1.82) is 0 Å². The lowest BCUT2D eigenvalue weighted by Crippen LogP contribution is -2.30. The van der Waals surface area contributed by atoms with E-state index in [1.807, 2.05) is 0 Å². The van der Waals surface area contributed by atoms with Gasteiger partial charge in [-0.25, -0.2) is 4.98 Å². The third-order valence-corrected chi connectivity index (χ3v) is 6.07. The molecule has 1 aliphatic rings. The van der Waals surface area contributed by atoms with E-state index in [9.17, 15) is 18.0 Å². The molecule has 1 aromatic heterocycles. The van der Waals surface area contributed by atoms with Gasteiger partial charge in [0.1, 0.15) is 17.3 Å². The molecule has 1 fully saturated rings. The van der Waals surface area contributed by atoms with Crippen LogP contribution in [-0.2, 0) is 6.18 Å². The number of oxazole rings is 1. The first-order chi connectivity index (χ1) is 16.3. The standard InChI is InChI=1S/C26H21F3N2O3/c1-33-20-5-2-4-18(14-20)25(32)31-13-3-6-22(31)24-30-21-15-17(9-12-23(21)34-24)16-7-10-19(11-8-16)26(27,28)29/h2,4-5,7-12,14-15,22H,3,6,13H2,1H3/t22-/m0/s1. The summed E-state index contributed by atoms with van der Waals surface area (Å²) in [6.07, 6.45) is -2.82. The zero-order valence-electron chi connectivity index (χ0n) is 18.3. The number of likely N-dealkylation sites (tertiary alicyclic amines) is 1. The van der Waals surface area contributed by atoms with Crippen molar-refractivity contribution >= 4 is 17.0 Å². The molecule has 1 atom stereocenters. The lowest BCUT2D eigenvalue weighted by Gasteiger charge is -2.22. The number of aromatic nitrogens is 1. The van der Waals surface area contributed by atoms with Crippen molar-refractivity contribution < 1.29 is 27.1 Å². The van der Waals surface area contributed by atoms with Gasteiger partial charge in [0.15, 0.2) is 5.58 Å². The normalized spacial score (nSPS) is 16.2. The average Bonchev–Trinajstić information content (AvgIpc) is 3.49. The Bertz CT molecular complexity index is 1350. The molecule has 0 unspecified atom stereocenters. The van der Waals surface area contributed by atoms with Crippen LogP contribution in [0, 0.1) is 0 Å². The smallest absolute Gasteiger partial charge is 0.416 e. The molecule has 2 heterocycles. The van der Waals surface area contributed by atoms with E-state index in [-0.39, 0.29) is 11.9 Å². The minimum atomic E-state index is -4.38. The first-order valence-corrected chi connectivity index (χ1v) is 10.9. The van der Waals surface area contributed by atoms with Crippen LogP contribution in [0.15, 0.2) is 71.1 Å². The summed E-state index contributed by atoms with van der Waals surface area (Å²) in [6.45, 7) is 0.593. The first-order valence-electron chi connectivity index (χ1n) is 10.9. The Kier molecular flexibility index (Phi) is 5.51. The van der Waals surface area contributed by atoms with Crippen LogP contribution >= 0.6 is 0 Å². The van der Waals surface area contributed by atoms with E-state index in [1.165, 1.54) is 12.1 Å². The van der Waals surface area contributed by atoms with Crippen molar-refractivity contribution in [3.63, 3.8) is 0 Å². The van der Waals surface area contributed by atoms with E-state index >= 15 is 0 Å². The number of methoxy groups -OCH3 is 1. The Hall–Kier alpha value is -3.81. The van der Waals surface area contributed by atoms with Gasteiger partial charge in [0.2, 0.25) is 5.89 Å². The van der Waals surface area contributed by atoms with Gasteiger partial charge < -0.3 is 14.1 Å². The summed E-state index contributed by atoms with van der Waals surface area (Å²) in [6, 6.07) is 17.1. The summed E-state index contributed by atoms with van der Waals surface area (Å²) in [7, 11) is 1.56. The monoisotopic (exact) mass is 466 g/mol. The van der Waals surface area contributed by atoms with Crippen molar-refractivity contribution in [3.8, 4) is 16.9 Å². The summed E-state index contributed by atoms with van der Waals surface area (Å²) >= 11 is 0. The van der Waals surface area contributed by atoms with Gasteiger partial charge in [-0.2, -0.15) is 13.2 Å². The molecule has 4 aromatic rings. The molecule has 1 saturated heterocycles. The van der Waals surface area contributed by atoms with Gasteiger partial charge in [-0.15, -0.1) is 0 Å². The van der Waals surface area contributed by atoms with Crippen molar-refractivity contribution in [2.45, 2.75) is 25.1 Å². The van der Waals surface area contributed by atoms with E-state index in [0.717, 1.165) is 30.5 Å². The van der Waals surface area contributed by atoms with Crippen LogP contribution in [-0.4, -0.2) is 29.4 Å². The third-order valence-electron chi connectivity index (χ3n) is 6.07. The molecule has 0 saturated carbocycles. The fourth-order valence-electron chi connectivity index (χ4n) is 4.31. The summed E-state index contributed by atoms with van der Waals surface area (Å²) in [5.41, 5.74) is 2.38. The molecule has 0 spiro atoms. The number of halogens is 3.